The molecular weight excluding hydrogens is 350 g/mol. The van der Waals surface area contributed by atoms with Crippen molar-refractivity contribution in [3.05, 3.63) is 65.2 Å². The molecule has 3 aromatic rings. The summed E-state index contributed by atoms with van der Waals surface area (Å²) in [5, 5.41) is 0.779. The fraction of sp³-hybridized carbons (Fsp3) is 0.217. The monoisotopic (exact) mass is 373 g/mol. The van der Waals surface area contributed by atoms with E-state index in [1.54, 1.807) is 0 Å². The smallest absolute Gasteiger partial charge is 0.338 e. The molecule has 0 saturated heterocycles. The van der Waals surface area contributed by atoms with E-state index in [4.69, 9.17) is 9.72 Å². The zero-order valence-corrected chi connectivity index (χ0v) is 17.4. The summed E-state index contributed by atoms with van der Waals surface area (Å²) >= 11 is 0. The van der Waals surface area contributed by atoms with Crippen LogP contribution >= 0.6 is 0 Å². The van der Waals surface area contributed by atoms with Crippen molar-refractivity contribution in [2.75, 3.05) is 7.11 Å². The number of rotatable bonds is 2. The van der Waals surface area contributed by atoms with Crippen LogP contribution < -0.4 is 0 Å². The number of hydrogen-bond acceptors (Lipinski definition) is 3. The SMILES string of the molecule is COC(=O)c1c(C)c(-c2ccccc2)nc2ccc(C#C[Si](C)(C)C)cc12. The molecule has 1 heterocycles. The fourth-order valence-electron chi connectivity index (χ4n) is 2.94. The van der Waals surface area contributed by atoms with Gasteiger partial charge in [-0.2, -0.15) is 0 Å². The van der Waals surface area contributed by atoms with Crippen LogP contribution in [-0.4, -0.2) is 26.1 Å². The Morgan fingerprint density at radius 1 is 1.07 bits per heavy atom. The maximum absolute atomic E-state index is 12.6. The maximum atomic E-state index is 12.6. The average Bonchev–Trinajstić information content (AvgIpc) is 2.65. The number of ether oxygens (including phenoxy) is 1. The second-order valence-electron chi connectivity index (χ2n) is 7.55. The molecule has 0 N–H and O–H groups in total. The third-order valence-corrected chi connectivity index (χ3v) is 5.12. The van der Waals surface area contributed by atoms with E-state index >= 15 is 0 Å². The van der Waals surface area contributed by atoms with Crippen LogP contribution in [0.15, 0.2) is 48.5 Å². The standard InChI is InChI=1S/C23H23NO2Si/c1-16-21(23(25)26-2)19-15-17(13-14-27(3,4)5)11-12-20(19)24-22(16)18-9-7-6-8-10-18/h6-12,15H,1-5H3. The molecular formula is C23H23NO2Si. The molecule has 0 atom stereocenters. The number of carbonyl (C=O) groups excluding carboxylic acids is 1. The van der Waals surface area contributed by atoms with Crippen LogP contribution in [0.2, 0.25) is 19.6 Å². The van der Waals surface area contributed by atoms with Crippen LogP contribution in [0.5, 0.6) is 0 Å². The molecule has 0 unspecified atom stereocenters. The van der Waals surface area contributed by atoms with E-state index in [1.807, 2.05) is 55.5 Å². The molecule has 27 heavy (non-hydrogen) atoms. The molecule has 0 fully saturated rings. The van der Waals surface area contributed by atoms with E-state index in [9.17, 15) is 4.79 Å². The van der Waals surface area contributed by atoms with E-state index in [2.05, 4.69) is 31.1 Å². The predicted molar refractivity (Wildman–Crippen MR) is 113 cm³/mol. The number of benzene rings is 2. The van der Waals surface area contributed by atoms with Gasteiger partial charge in [-0.3, -0.25) is 0 Å². The zero-order valence-electron chi connectivity index (χ0n) is 16.4. The Bertz CT molecular complexity index is 1070. The van der Waals surface area contributed by atoms with E-state index < -0.39 is 8.07 Å². The Morgan fingerprint density at radius 2 is 1.78 bits per heavy atom. The highest BCUT2D eigenvalue weighted by Crippen LogP contribution is 2.30. The van der Waals surface area contributed by atoms with E-state index in [-0.39, 0.29) is 5.97 Å². The van der Waals surface area contributed by atoms with Crippen LogP contribution in [0.3, 0.4) is 0 Å². The summed E-state index contributed by atoms with van der Waals surface area (Å²) in [6.07, 6.45) is 0. The van der Waals surface area contributed by atoms with Crippen molar-refractivity contribution in [1.82, 2.24) is 4.98 Å². The first-order valence-electron chi connectivity index (χ1n) is 8.91. The molecule has 0 aliphatic rings. The van der Waals surface area contributed by atoms with Crippen LogP contribution in [0.25, 0.3) is 22.2 Å². The van der Waals surface area contributed by atoms with Gasteiger partial charge in [-0.05, 0) is 30.7 Å². The lowest BCUT2D eigenvalue weighted by Gasteiger charge is -2.13. The fourth-order valence-corrected chi connectivity index (χ4v) is 3.46. The molecule has 1 aromatic heterocycles. The molecule has 3 rings (SSSR count). The Kier molecular flexibility index (Phi) is 5.16. The number of aromatic nitrogens is 1. The largest absolute Gasteiger partial charge is 0.465 e. The number of fused-ring (bicyclic) bond motifs is 1. The summed E-state index contributed by atoms with van der Waals surface area (Å²) in [7, 11) is -0.0743. The molecule has 0 aliphatic heterocycles. The van der Waals surface area contributed by atoms with E-state index in [1.165, 1.54) is 7.11 Å². The number of esters is 1. The first-order valence-corrected chi connectivity index (χ1v) is 12.4. The highest BCUT2D eigenvalue weighted by Gasteiger charge is 2.19. The molecule has 0 spiro atoms. The minimum atomic E-state index is -1.48. The third kappa shape index (κ3) is 4.10. The van der Waals surface area contributed by atoms with Crippen molar-refractivity contribution >= 4 is 24.9 Å². The molecule has 0 radical (unpaired) electrons. The van der Waals surface area contributed by atoms with Gasteiger partial charge in [-0.1, -0.05) is 55.9 Å². The molecule has 136 valence electrons. The van der Waals surface area contributed by atoms with Crippen molar-refractivity contribution < 1.29 is 9.53 Å². The van der Waals surface area contributed by atoms with Gasteiger partial charge in [0, 0.05) is 16.5 Å². The third-order valence-electron chi connectivity index (χ3n) is 4.25. The second-order valence-corrected chi connectivity index (χ2v) is 12.3. The summed E-state index contributed by atoms with van der Waals surface area (Å²) in [6.45, 7) is 8.54. The van der Waals surface area contributed by atoms with Crippen molar-refractivity contribution in [3.8, 4) is 22.7 Å². The Hall–Kier alpha value is -2.90. The van der Waals surface area contributed by atoms with Crippen molar-refractivity contribution in [2.24, 2.45) is 0 Å². The van der Waals surface area contributed by atoms with Gasteiger partial charge >= 0.3 is 5.97 Å². The van der Waals surface area contributed by atoms with Gasteiger partial charge in [0.1, 0.15) is 8.07 Å². The van der Waals surface area contributed by atoms with Crippen molar-refractivity contribution in [3.63, 3.8) is 0 Å². The molecule has 0 bridgehead atoms. The summed E-state index contributed by atoms with van der Waals surface area (Å²) in [4.78, 5) is 17.4. The topological polar surface area (TPSA) is 39.2 Å². The number of methoxy groups -OCH3 is 1. The van der Waals surface area contributed by atoms with Gasteiger partial charge in [-0.25, -0.2) is 9.78 Å². The maximum Gasteiger partial charge on any atom is 0.338 e. The lowest BCUT2D eigenvalue weighted by atomic mass is 9.97. The highest BCUT2D eigenvalue weighted by atomic mass is 28.3. The van der Waals surface area contributed by atoms with E-state index in [0.29, 0.717) is 5.56 Å². The summed E-state index contributed by atoms with van der Waals surface area (Å²) in [6, 6.07) is 15.7. The predicted octanol–water partition coefficient (Wildman–Crippen LogP) is 5.23. The number of nitrogens with zero attached hydrogens (tertiary/aromatic N) is 1. The Balaban J connectivity index is 2.28. The Labute approximate surface area is 161 Å². The van der Waals surface area contributed by atoms with Crippen LogP contribution in [0, 0.1) is 18.4 Å². The molecule has 3 nitrogen and oxygen atoms in total. The van der Waals surface area contributed by atoms with Crippen LogP contribution in [0.4, 0.5) is 0 Å². The van der Waals surface area contributed by atoms with Crippen molar-refractivity contribution in [1.29, 1.82) is 0 Å². The Morgan fingerprint density at radius 3 is 2.41 bits per heavy atom. The second kappa shape index (κ2) is 7.38. The molecule has 0 amide bonds. The van der Waals surface area contributed by atoms with Gasteiger partial charge < -0.3 is 4.74 Å². The van der Waals surface area contributed by atoms with Gasteiger partial charge in [0.2, 0.25) is 0 Å². The number of carbonyl (C=O) groups is 1. The zero-order chi connectivity index (χ0) is 19.6. The summed E-state index contributed by atoms with van der Waals surface area (Å²) in [5.41, 5.74) is 8.17. The number of pyridine rings is 1. The van der Waals surface area contributed by atoms with Gasteiger partial charge in [0.05, 0.1) is 23.9 Å². The van der Waals surface area contributed by atoms with Crippen molar-refractivity contribution in [2.45, 2.75) is 26.6 Å². The first-order chi connectivity index (χ1) is 12.8. The average molecular weight is 374 g/mol. The van der Waals surface area contributed by atoms with Gasteiger partial charge in [0.25, 0.3) is 0 Å². The molecule has 0 aliphatic carbocycles. The minimum absolute atomic E-state index is 0.354. The molecule has 4 heteroatoms. The normalized spacial score (nSPS) is 11.0. The van der Waals surface area contributed by atoms with E-state index in [0.717, 1.165) is 33.3 Å². The number of hydrogen-bond donors (Lipinski definition) is 0. The quantitative estimate of drug-likeness (QED) is 0.351. The van der Waals surface area contributed by atoms with Gasteiger partial charge in [-0.15, -0.1) is 5.54 Å². The molecule has 2 aromatic carbocycles. The molecule has 0 saturated carbocycles. The van der Waals surface area contributed by atoms with Crippen LogP contribution in [0.1, 0.15) is 21.5 Å². The lowest BCUT2D eigenvalue weighted by molar-refractivity contribution is 0.0602. The first kappa shape index (κ1) is 18.9. The summed E-state index contributed by atoms with van der Waals surface area (Å²) in [5.74, 6) is 2.90. The van der Waals surface area contributed by atoms with Gasteiger partial charge in [0.15, 0.2) is 0 Å². The highest BCUT2D eigenvalue weighted by molar-refractivity contribution is 6.83. The van der Waals surface area contributed by atoms with Crippen LogP contribution in [-0.2, 0) is 4.74 Å². The minimum Gasteiger partial charge on any atom is -0.465 e. The summed E-state index contributed by atoms with van der Waals surface area (Å²) < 4.78 is 5.07. The lowest BCUT2D eigenvalue weighted by Crippen LogP contribution is -2.16.